The second-order valence-corrected chi connectivity index (χ2v) is 5.34. The molecule has 20 heavy (non-hydrogen) atoms. The van der Waals surface area contributed by atoms with E-state index >= 15 is 0 Å². The van der Waals surface area contributed by atoms with Crippen LogP contribution in [0.15, 0.2) is 14.9 Å². The Bertz CT molecular complexity index is 590. The number of likely N-dealkylation sites (N-methyl/N-ethyl adjacent to an activating group) is 1. The van der Waals surface area contributed by atoms with E-state index in [0.29, 0.717) is 24.4 Å². The Kier molecular flexibility index (Phi) is 3.58. The largest absolute Gasteiger partial charge is 0.466 e. The third-order valence-electron chi connectivity index (χ3n) is 3.78. The fourth-order valence-corrected chi connectivity index (χ4v) is 2.67. The second-order valence-electron chi connectivity index (χ2n) is 5.34. The summed E-state index contributed by atoms with van der Waals surface area (Å²) in [6.45, 7) is 6.62. The third kappa shape index (κ3) is 2.62. The summed E-state index contributed by atoms with van der Waals surface area (Å²) in [7, 11) is 2.00. The fraction of sp³-hybridized carbons (Fsp3) is 0.571. The Labute approximate surface area is 118 Å². The van der Waals surface area contributed by atoms with E-state index in [0.717, 1.165) is 36.6 Å². The van der Waals surface area contributed by atoms with Crippen molar-refractivity contribution in [1.82, 2.24) is 20.4 Å². The van der Waals surface area contributed by atoms with Crippen LogP contribution in [0.25, 0.3) is 11.5 Å². The summed E-state index contributed by atoms with van der Waals surface area (Å²) in [6, 6.07) is 2.50. The minimum absolute atomic E-state index is 0.540. The van der Waals surface area contributed by atoms with Crippen molar-refractivity contribution in [3.63, 3.8) is 0 Å². The molecule has 6 heteroatoms. The summed E-state index contributed by atoms with van der Waals surface area (Å²) in [5, 5.41) is 11.6. The van der Waals surface area contributed by atoms with Crippen molar-refractivity contribution < 1.29 is 8.83 Å². The Morgan fingerprint density at radius 2 is 2.20 bits per heavy atom. The van der Waals surface area contributed by atoms with Crippen molar-refractivity contribution in [2.45, 2.75) is 32.9 Å². The molecule has 3 heterocycles. The minimum atomic E-state index is 0.540. The molecule has 1 aliphatic rings. The van der Waals surface area contributed by atoms with E-state index in [2.05, 4.69) is 20.4 Å². The summed E-state index contributed by atoms with van der Waals surface area (Å²) in [6.07, 6.45) is 1.16. The molecule has 1 fully saturated rings. The fourth-order valence-electron chi connectivity index (χ4n) is 2.67. The van der Waals surface area contributed by atoms with Crippen LogP contribution < -0.4 is 5.32 Å². The Balaban J connectivity index is 1.70. The average molecular weight is 276 g/mol. The van der Waals surface area contributed by atoms with Crippen LogP contribution in [0.3, 0.4) is 0 Å². The van der Waals surface area contributed by atoms with Crippen LogP contribution in [-0.4, -0.2) is 41.3 Å². The summed E-state index contributed by atoms with van der Waals surface area (Å²) in [4.78, 5) is 2.33. The van der Waals surface area contributed by atoms with E-state index in [9.17, 15) is 0 Å². The molecule has 1 aliphatic heterocycles. The van der Waals surface area contributed by atoms with Gasteiger partial charge in [0.2, 0.25) is 5.89 Å². The van der Waals surface area contributed by atoms with E-state index in [1.54, 1.807) is 0 Å². The molecule has 3 rings (SSSR count). The second kappa shape index (κ2) is 5.38. The number of hydrogen-bond acceptors (Lipinski definition) is 6. The lowest BCUT2D eigenvalue weighted by atomic mass is 10.2. The first-order chi connectivity index (χ1) is 9.65. The zero-order chi connectivity index (χ0) is 14.1. The van der Waals surface area contributed by atoms with Gasteiger partial charge in [-0.15, -0.1) is 10.2 Å². The van der Waals surface area contributed by atoms with Crippen LogP contribution >= 0.6 is 0 Å². The van der Waals surface area contributed by atoms with Gasteiger partial charge < -0.3 is 14.2 Å². The first-order valence-electron chi connectivity index (χ1n) is 6.95. The lowest BCUT2D eigenvalue weighted by molar-refractivity contribution is 0.286. The molecule has 0 radical (unpaired) electrons. The molecule has 0 amide bonds. The Hall–Kier alpha value is -1.66. The van der Waals surface area contributed by atoms with Gasteiger partial charge >= 0.3 is 0 Å². The van der Waals surface area contributed by atoms with E-state index in [1.165, 1.54) is 0 Å². The highest BCUT2D eigenvalue weighted by Crippen LogP contribution is 2.25. The molecule has 2 aromatic rings. The molecule has 0 aliphatic carbocycles. The van der Waals surface area contributed by atoms with Crippen LogP contribution in [0.2, 0.25) is 0 Å². The van der Waals surface area contributed by atoms with Gasteiger partial charge in [-0.25, -0.2) is 0 Å². The quantitative estimate of drug-likeness (QED) is 0.917. The first kappa shape index (κ1) is 13.3. The molecule has 0 spiro atoms. The highest BCUT2D eigenvalue weighted by molar-refractivity contribution is 5.55. The smallest absolute Gasteiger partial charge is 0.251 e. The van der Waals surface area contributed by atoms with Crippen LogP contribution in [0, 0.1) is 13.8 Å². The molecule has 1 N–H and O–H groups in total. The molecule has 2 aromatic heterocycles. The van der Waals surface area contributed by atoms with Crippen molar-refractivity contribution in [2.24, 2.45) is 0 Å². The van der Waals surface area contributed by atoms with Crippen molar-refractivity contribution in [3.05, 3.63) is 23.5 Å². The molecule has 1 atom stereocenters. The monoisotopic (exact) mass is 276 g/mol. The highest BCUT2D eigenvalue weighted by atomic mass is 16.4. The summed E-state index contributed by atoms with van der Waals surface area (Å²) in [5.41, 5.74) is 0.885. The number of likely N-dealkylation sites (tertiary alicyclic amines) is 1. The number of aryl methyl sites for hydroxylation is 2. The zero-order valence-corrected chi connectivity index (χ0v) is 12.1. The lowest BCUT2D eigenvalue weighted by Gasteiger charge is -2.12. The molecule has 0 bridgehead atoms. The van der Waals surface area contributed by atoms with E-state index < -0.39 is 0 Å². The number of nitrogens with one attached hydrogen (secondary N) is 1. The normalized spacial score (nSPS) is 19.9. The summed E-state index contributed by atoms with van der Waals surface area (Å²) in [5.74, 6) is 2.87. The maximum atomic E-state index is 5.75. The van der Waals surface area contributed by atoms with Gasteiger partial charge in [0.15, 0.2) is 0 Å². The number of nitrogens with zero attached hydrogens (tertiary/aromatic N) is 3. The van der Waals surface area contributed by atoms with E-state index in [4.69, 9.17) is 8.83 Å². The molecular formula is C14H20N4O2. The van der Waals surface area contributed by atoms with Gasteiger partial charge in [-0.3, -0.25) is 4.90 Å². The van der Waals surface area contributed by atoms with Crippen LogP contribution in [0.5, 0.6) is 0 Å². The molecule has 108 valence electrons. The molecule has 0 aromatic carbocycles. The van der Waals surface area contributed by atoms with Gasteiger partial charge in [0.05, 0.1) is 12.1 Å². The lowest BCUT2D eigenvalue weighted by Crippen LogP contribution is -2.29. The Morgan fingerprint density at radius 1 is 1.35 bits per heavy atom. The van der Waals surface area contributed by atoms with Gasteiger partial charge in [0, 0.05) is 19.1 Å². The predicted octanol–water partition coefficient (Wildman–Crippen LogP) is 1.74. The standard InChI is InChI=1S/C14H20N4O2/c1-9-6-12(10(2)19-9)14-17-16-13(20-14)8-18-5-4-11(7-18)15-3/h6,11,15H,4-5,7-8H2,1-3H3. The third-order valence-corrected chi connectivity index (χ3v) is 3.78. The van der Waals surface area contributed by atoms with Crippen molar-refractivity contribution in [1.29, 1.82) is 0 Å². The SMILES string of the molecule is CNC1CCN(Cc2nnc(-c3cc(C)oc3C)o2)C1. The van der Waals surface area contributed by atoms with Crippen LogP contribution in [0.4, 0.5) is 0 Å². The number of rotatable bonds is 4. The van der Waals surface area contributed by atoms with Crippen molar-refractivity contribution >= 4 is 0 Å². The van der Waals surface area contributed by atoms with Gasteiger partial charge in [-0.2, -0.15) is 0 Å². The van der Waals surface area contributed by atoms with Crippen LogP contribution in [0.1, 0.15) is 23.8 Å². The van der Waals surface area contributed by atoms with Crippen LogP contribution in [-0.2, 0) is 6.54 Å². The van der Waals surface area contributed by atoms with E-state index in [1.807, 2.05) is 27.0 Å². The molecule has 1 saturated heterocycles. The maximum Gasteiger partial charge on any atom is 0.251 e. The number of furan rings is 1. The number of hydrogen-bond donors (Lipinski definition) is 1. The summed E-state index contributed by atoms with van der Waals surface area (Å²) >= 11 is 0. The first-order valence-corrected chi connectivity index (χ1v) is 6.95. The highest BCUT2D eigenvalue weighted by Gasteiger charge is 2.23. The zero-order valence-electron chi connectivity index (χ0n) is 12.1. The van der Waals surface area contributed by atoms with Gasteiger partial charge in [0.1, 0.15) is 11.5 Å². The molecule has 1 unspecified atom stereocenters. The van der Waals surface area contributed by atoms with Gasteiger partial charge in [-0.05, 0) is 33.4 Å². The molecule has 6 nitrogen and oxygen atoms in total. The average Bonchev–Trinajstić information content (AvgIpc) is 3.11. The van der Waals surface area contributed by atoms with Crippen molar-refractivity contribution in [2.75, 3.05) is 20.1 Å². The Morgan fingerprint density at radius 3 is 2.85 bits per heavy atom. The van der Waals surface area contributed by atoms with Gasteiger partial charge in [0.25, 0.3) is 5.89 Å². The minimum Gasteiger partial charge on any atom is -0.466 e. The van der Waals surface area contributed by atoms with Crippen molar-refractivity contribution in [3.8, 4) is 11.5 Å². The molecular weight excluding hydrogens is 256 g/mol. The topological polar surface area (TPSA) is 67.3 Å². The van der Waals surface area contributed by atoms with E-state index in [-0.39, 0.29) is 0 Å². The molecule has 0 saturated carbocycles. The number of aromatic nitrogens is 2. The maximum absolute atomic E-state index is 5.75. The summed E-state index contributed by atoms with van der Waals surface area (Å²) < 4.78 is 11.2. The predicted molar refractivity (Wildman–Crippen MR) is 74.2 cm³/mol. The van der Waals surface area contributed by atoms with Gasteiger partial charge in [-0.1, -0.05) is 0 Å².